The molecule has 1 heterocycles. The number of aromatic nitrogens is 3. The fourth-order valence-corrected chi connectivity index (χ4v) is 2.59. The standard InChI is InChI=1S/C15H17N3O2S/c1-10(2)8-18-14(12-6-4-5-11(3)7-12)16-17-15(18)21-9-13(19)20/h4-7H,1,8-9H2,2-3H3,(H,19,20). The lowest BCUT2D eigenvalue weighted by atomic mass is 10.1. The second-order valence-electron chi connectivity index (χ2n) is 4.90. The number of hydrogen-bond acceptors (Lipinski definition) is 4. The van der Waals surface area contributed by atoms with Gasteiger partial charge in [-0.05, 0) is 19.9 Å². The topological polar surface area (TPSA) is 68.0 Å². The van der Waals surface area contributed by atoms with Crippen molar-refractivity contribution < 1.29 is 9.90 Å². The number of aryl methyl sites for hydroxylation is 1. The van der Waals surface area contributed by atoms with E-state index < -0.39 is 5.97 Å². The van der Waals surface area contributed by atoms with Gasteiger partial charge in [-0.1, -0.05) is 47.7 Å². The summed E-state index contributed by atoms with van der Waals surface area (Å²) in [5, 5.41) is 17.7. The first kappa shape index (κ1) is 15.3. The lowest BCUT2D eigenvalue weighted by Crippen LogP contribution is -2.05. The number of hydrogen-bond donors (Lipinski definition) is 1. The summed E-state index contributed by atoms with van der Waals surface area (Å²) >= 11 is 1.17. The molecule has 0 aliphatic rings. The zero-order valence-corrected chi connectivity index (χ0v) is 12.9. The van der Waals surface area contributed by atoms with Crippen molar-refractivity contribution in [3.63, 3.8) is 0 Å². The Morgan fingerprint density at radius 2 is 2.19 bits per heavy atom. The molecular weight excluding hydrogens is 286 g/mol. The zero-order valence-electron chi connectivity index (χ0n) is 12.0. The molecule has 0 spiro atoms. The first-order valence-electron chi connectivity index (χ1n) is 6.46. The van der Waals surface area contributed by atoms with Crippen LogP contribution < -0.4 is 0 Å². The molecule has 0 aliphatic carbocycles. The maximum atomic E-state index is 10.7. The minimum absolute atomic E-state index is 0.0395. The summed E-state index contributed by atoms with van der Waals surface area (Å²) in [7, 11) is 0. The predicted molar refractivity (Wildman–Crippen MR) is 83.4 cm³/mol. The molecule has 0 saturated heterocycles. The van der Waals surface area contributed by atoms with Gasteiger partial charge in [0.1, 0.15) is 0 Å². The normalized spacial score (nSPS) is 10.6. The Morgan fingerprint density at radius 1 is 1.43 bits per heavy atom. The second kappa shape index (κ2) is 6.58. The minimum Gasteiger partial charge on any atom is -0.481 e. The molecule has 2 rings (SSSR count). The molecule has 0 atom stereocenters. The molecule has 0 saturated carbocycles. The van der Waals surface area contributed by atoms with E-state index in [2.05, 4.69) is 16.8 Å². The van der Waals surface area contributed by atoms with E-state index in [4.69, 9.17) is 5.11 Å². The van der Waals surface area contributed by atoms with Gasteiger partial charge in [0.15, 0.2) is 11.0 Å². The Balaban J connectivity index is 2.40. The van der Waals surface area contributed by atoms with Gasteiger partial charge in [-0.25, -0.2) is 0 Å². The molecule has 21 heavy (non-hydrogen) atoms. The van der Waals surface area contributed by atoms with Crippen molar-refractivity contribution in [2.45, 2.75) is 25.5 Å². The van der Waals surface area contributed by atoms with Gasteiger partial charge in [0, 0.05) is 12.1 Å². The van der Waals surface area contributed by atoms with Crippen LogP contribution in [-0.2, 0) is 11.3 Å². The monoisotopic (exact) mass is 303 g/mol. The van der Waals surface area contributed by atoms with Crippen molar-refractivity contribution >= 4 is 17.7 Å². The summed E-state index contributed by atoms with van der Waals surface area (Å²) in [5.74, 6) is -0.182. The molecule has 0 radical (unpaired) electrons. The van der Waals surface area contributed by atoms with Crippen LogP contribution in [0.2, 0.25) is 0 Å². The van der Waals surface area contributed by atoms with Crippen molar-refractivity contribution in [3.05, 3.63) is 42.0 Å². The van der Waals surface area contributed by atoms with Crippen LogP contribution >= 0.6 is 11.8 Å². The molecular formula is C15H17N3O2S. The third-order valence-electron chi connectivity index (χ3n) is 2.75. The third-order valence-corrected chi connectivity index (χ3v) is 3.70. The molecule has 0 unspecified atom stereocenters. The third kappa shape index (κ3) is 3.95. The van der Waals surface area contributed by atoms with Gasteiger partial charge in [0.05, 0.1) is 5.75 Å². The highest BCUT2D eigenvalue weighted by atomic mass is 32.2. The number of rotatable bonds is 6. The maximum Gasteiger partial charge on any atom is 0.313 e. The predicted octanol–water partition coefficient (Wildman–Crippen LogP) is 3.01. The number of carboxylic acid groups (broad SMARTS) is 1. The second-order valence-corrected chi connectivity index (χ2v) is 5.84. The molecule has 110 valence electrons. The summed E-state index contributed by atoms with van der Waals surface area (Å²) in [6, 6.07) is 7.99. The van der Waals surface area contributed by atoms with Gasteiger partial charge in [0.2, 0.25) is 0 Å². The molecule has 0 amide bonds. The van der Waals surface area contributed by atoms with E-state index in [0.29, 0.717) is 11.7 Å². The lowest BCUT2D eigenvalue weighted by molar-refractivity contribution is -0.133. The lowest BCUT2D eigenvalue weighted by Gasteiger charge is -2.09. The van der Waals surface area contributed by atoms with Crippen LogP contribution in [0.4, 0.5) is 0 Å². The van der Waals surface area contributed by atoms with Crippen LogP contribution in [0.15, 0.2) is 41.6 Å². The summed E-state index contributed by atoms with van der Waals surface area (Å²) in [5.41, 5.74) is 3.06. The molecule has 0 fully saturated rings. The zero-order chi connectivity index (χ0) is 15.4. The van der Waals surface area contributed by atoms with E-state index >= 15 is 0 Å². The van der Waals surface area contributed by atoms with E-state index in [1.54, 1.807) is 0 Å². The average molecular weight is 303 g/mol. The largest absolute Gasteiger partial charge is 0.481 e. The van der Waals surface area contributed by atoms with Crippen molar-refractivity contribution in [3.8, 4) is 11.4 Å². The molecule has 5 nitrogen and oxygen atoms in total. The number of carbonyl (C=O) groups is 1. The van der Waals surface area contributed by atoms with Gasteiger partial charge < -0.3 is 5.11 Å². The Hall–Kier alpha value is -2.08. The van der Waals surface area contributed by atoms with Gasteiger partial charge in [-0.2, -0.15) is 0 Å². The van der Waals surface area contributed by atoms with Crippen LogP contribution in [-0.4, -0.2) is 31.6 Å². The highest BCUT2D eigenvalue weighted by Crippen LogP contribution is 2.25. The molecule has 1 aromatic carbocycles. The smallest absolute Gasteiger partial charge is 0.313 e. The van der Waals surface area contributed by atoms with E-state index in [0.717, 1.165) is 22.5 Å². The van der Waals surface area contributed by atoms with Gasteiger partial charge in [-0.15, -0.1) is 10.2 Å². The van der Waals surface area contributed by atoms with E-state index in [1.165, 1.54) is 11.8 Å². The van der Waals surface area contributed by atoms with Crippen LogP contribution in [0.1, 0.15) is 12.5 Å². The molecule has 2 aromatic rings. The van der Waals surface area contributed by atoms with Gasteiger partial charge >= 0.3 is 5.97 Å². The SMILES string of the molecule is C=C(C)Cn1c(SCC(=O)O)nnc1-c1cccc(C)c1. The minimum atomic E-state index is -0.873. The summed E-state index contributed by atoms with van der Waals surface area (Å²) < 4.78 is 1.91. The number of carboxylic acids is 1. The quantitative estimate of drug-likeness (QED) is 0.656. The highest BCUT2D eigenvalue weighted by molar-refractivity contribution is 7.99. The first-order valence-corrected chi connectivity index (χ1v) is 7.45. The van der Waals surface area contributed by atoms with Crippen molar-refractivity contribution in [2.75, 3.05) is 5.75 Å². The summed E-state index contributed by atoms with van der Waals surface area (Å²) in [4.78, 5) is 10.7. The van der Waals surface area contributed by atoms with Gasteiger partial charge in [-0.3, -0.25) is 9.36 Å². The summed E-state index contributed by atoms with van der Waals surface area (Å²) in [6.07, 6.45) is 0. The molecule has 6 heteroatoms. The Morgan fingerprint density at radius 3 is 2.81 bits per heavy atom. The van der Waals surface area contributed by atoms with Crippen LogP contribution in [0.25, 0.3) is 11.4 Å². The number of thioether (sulfide) groups is 1. The molecule has 1 aromatic heterocycles. The van der Waals surface area contributed by atoms with E-state index in [9.17, 15) is 4.79 Å². The van der Waals surface area contributed by atoms with Crippen molar-refractivity contribution in [2.24, 2.45) is 0 Å². The fraction of sp³-hybridized carbons (Fsp3) is 0.267. The highest BCUT2D eigenvalue weighted by Gasteiger charge is 2.15. The van der Waals surface area contributed by atoms with Crippen LogP contribution in [0.3, 0.4) is 0 Å². The maximum absolute atomic E-state index is 10.7. The van der Waals surface area contributed by atoms with Crippen molar-refractivity contribution in [1.82, 2.24) is 14.8 Å². The fourth-order valence-electron chi connectivity index (χ4n) is 1.93. The number of nitrogens with zero attached hydrogens (tertiary/aromatic N) is 3. The Labute approximate surface area is 127 Å². The number of allylic oxidation sites excluding steroid dienone is 1. The van der Waals surface area contributed by atoms with Crippen molar-refractivity contribution in [1.29, 1.82) is 0 Å². The Bertz CT molecular complexity index is 679. The number of benzene rings is 1. The molecule has 1 N–H and O–H groups in total. The average Bonchev–Trinajstić information content (AvgIpc) is 2.78. The van der Waals surface area contributed by atoms with Crippen LogP contribution in [0.5, 0.6) is 0 Å². The number of aliphatic carboxylic acids is 1. The summed E-state index contributed by atoms with van der Waals surface area (Å²) in [6.45, 7) is 8.42. The molecule has 0 bridgehead atoms. The van der Waals surface area contributed by atoms with Gasteiger partial charge in [0.25, 0.3) is 0 Å². The Kier molecular flexibility index (Phi) is 4.80. The van der Waals surface area contributed by atoms with E-state index in [-0.39, 0.29) is 5.75 Å². The van der Waals surface area contributed by atoms with E-state index in [1.807, 2.05) is 42.7 Å². The first-order chi connectivity index (χ1) is 9.97. The van der Waals surface area contributed by atoms with Crippen LogP contribution in [0, 0.1) is 6.92 Å². The molecule has 0 aliphatic heterocycles.